The van der Waals surface area contributed by atoms with Gasteiger partial charge in [0.05, 0.1) is 0 Å². The molecule has 168 valence electrons. The van der Waals surface area contributed by atoms with Gasteiger partial charge < -0.3 is 10.6 Å². The largest absolute Gasteiger partial charge is 0.376 e. The van der Waals surface area contributed by atoms with Crippen molar-refractivity contribution < 1.29 is 9.59 Å². The molecule has 5 rings (SSSR count). The molecule has 4 aromatic rings. The first-order valence-electron chi connectivity index (χ1n) is 10.9. The topological polar surface area (TPSA) is 63.4 Å². The fourth-order valence-electron chi connectivity index (χ4n) is 3.87. The maximum absolute atomic E-state index is 12.1. The average Bonchev–Trinajstić information content (AvgIpc) is 2.88. The summed E-state index contributed by atoms with van der Waals surface area (Å²) in [6.45, 7) is 1.48. The first-order chi connectivity index (χ1) is 16.5. The van der Waals surface area contributed by atoms with Crippen LogP contribution in [0.25, 0.3) is 0 Å². The van der Waals surface area contributed by atoms with E-state index in [9.17, 15) is 9.59 Å². The SMILES string of the molecule is NC(=S)N(Cc1ccccc1)Cc1ccccc1.O=C1c2ccccc2C(=O)c2ccccc21. The van der Waals surface area contributed by atoms with Gasteiger partial charge in [0.1, 0.15) is 0 Å². The van der Waals surface area contributed by atoms with Gasteiger partial charge in [-0.3, -0.25) is 9.59 Å². The Bertz CT molecular complexity index is 1170. The lowest BCUT2D eigenvalue weighted by molar-refractivity contribution is 0.0979. The minimum absolute atomic E-state index is 0.0641. The highest BCUT2D eigenvalue weighted by molar-refractivity contribution is 7.80. The van der Waals surface area contributed by atoms with Gasteiger partial charge in [-0.25, -0.2) is 0 Å². The zero-order valence-corrected chi connectivity index (χ0v) is 19.4. The number of hydrogen-bond donors (Lipinski definition) is 1. The third-order valence-electron chi connectivity index (χ3n) is 5.58. The van der Waals surface area contributed by atoms with Gasteiger partial charge in [-0.15, -0.1) is 0 Å². The van der Waals surface area contributed by atoms with E-state index in [4.69, 9.17) is 18.0 Å². The van der Waals surface area contributed by atoms with Crippen LogP contribution in [-0.2, 0) is 13.1 Å². The molecule has 4 aromatic carbocycles. The van der Waals surface area contributed by atoms with E-state index < -0.39 is 0 Å². The van der Waals surface area contributed by atoms with E-state index in [2.05, 4.69) is 24.3 Å². The first-order valence-corrected chi connectivity index (χ1v) is 11.3. The van der Waals surface area contributed by atoms with Crippen LogP contribution in [-0.4, -0.2) is 21.6 Å². The van der Waals surface area contributed by atoms with E-state index in [0.717, 1.165) is 13.1 Å². The monoisotopic (exact) mass is 464 g/mol. The van der Waals surface area contributed by atoms with Crippen LogP contribution in [0.5, 0.6) is 0 Å². The maximum atomic E-state index is 12.1. The van der Waals surface area contributed by atoms with Crippen LogP contribution < -0.4 is 5.73 Å². The lowest BCUT2D eigenvalue weighted by atomic mass is 9.84. The molecule has 1 aliphatic carbocycles. The molecular weight excluding hydrogens is 440 g/mol. The molecule has 0 heterocycles. The van der Waals surface area contributed by atoms with Crippen LogP contribution in [0.1, 0.15) is 43.0 Å². The van der Waals surface area contributed by atoms with Crippen LogP contribution in [0.15, 0.2) is 109 Å². The molecule has 0 saturated carbocycles. The molecule has 0 radical (unpaired) electrons. The summed E-state index contributed by atoms with van der Waals surface area (Å²) in [5.74, 6) is -0.128. The molecule has 0 fully saturated rings. The summed E-state index contributed by atoms with van der Waals surface area (Å²) in [6, 6.07) is 34.3. The summed E-state index contributed by atoms with van der Waals surface area (Å²) in [5, 5.41) is 0.433. The Morgan fingerprint density at radius 1 is 0.559 bits per heavy atom. The summed E-state index contributed by atoms with van der Waals surface area (Å²) in [6.07, 6.45) is 0. The standard InChI is InChI=1S/C15H16N2S.C14H8O2/c16-15(18)17(11-13-7-3-1-4-8-13)12-14-9-5-2-6-10-14;15-13-9-5-1-2-6-10(9)14(16)12-8-4-3-7-11(12)13/h1-10H,11-12H2,(H2,16,18);1-8H. The van der Waals surface area contributed by atoms with Crippen molar-refractivity contribution in [2.24, 2.45) is 5.73 Å². The van der Waals surface area contributed by atoms with Crippen molar-refractivity contribution in [3.8, 4) is 0 Å². The fourth-order valence-corrected chi connectivity index (χ4v) is 4.00. The Hall–Kier alpha value is -4.09. The highest BCUT2D eigenvalue weighted by atomic mass is 32.1. The molecule has 0 spiro atoms. The number of carbonyl (C=O) groups is 2. The number of hydrogen-bond acceptors (Lipinski definition) is 3. The van der Waals surface area contributed by atoms with Crippen molar-refractivity contribution in [1.29, 1.82) is 0 Å². The number of nitrogens with zero attached hydrogens (tertiary/aromatic N) is 1. The molecule has 0 amide bonds. The lowest BCUT2D eigenvalue weighted by Gasteiger charge is -2.23. The zero-order chi connectivity index (χ0) is 23.9. The molecule has 0 aromatic heterocycles. The number of rotatable bonds is 4. The van der Waals surface area contributed by atoms with E-state index >= 15 is 0 Å². The lowest BCUT2D eigenvalue weighted by Crippen LogP contribution is -2.34. The maximum Gasteiger partial charge on any atom is 0.194 e. The number of fused-ring (bicyclic) bond motifs is 2. The number of carbonyl (C=O) groups excluding carboxylic acids is 2. The molecule has 5 heteroatoms. The molecule has 4 nitrogen and oxygen atoms in total. The summed E-state index contributed by atoms with van der Waals surface area (Å²) >= 11 is 5.12. The van der Waals surface area contributed by atoms with Crippen molar-refractivity contribution in [2.75, 3.05) is 0 Å². The molecule has 34 heavy (non-hydrogen) atoms. The second-order valence-corrected chi connectivity index (χ2v) is 8.33. The highest BCUT2D eigenvalue weighted by Gasteiger charge is 2.28. The van der Waals surface area contributed by atoms with E-state index in [0.29, 0.717) is 27.4 Å². The van der Waals surface area contributed by atoms with Gasteiger partial charge in [0.25, 0.3) is 0 Å². The Labute approximate surface area is 204 Å². The van der Waals surface area contributed by atoms with E-state index in [1.54, 1.807) is 48.5 Å². The summed E-state index contributed by atoms with van der Waals surface area (Å²) in [7, 11) is 0. The Balaban J connectivity index is 0.000000162. The Kier molecular flexibility index (Phi) is 7.25. The van der Waals surface area contributed by atoms with Gasteiger partial charge in [-0.1, -0.05) is 109 Å². The zero-order valence-electron chi connectivity index (χ0n) is 18.6. The minimum atomic E-state index is -0.0641. The molecule has 2 N–H and O–H groups in total. The number of thiocarbonyl (C=S) groups is 1. The summed E-state index contributed by atoms with van der Waals surface area (Å²) < 4.78 is 0. The van der Waals surface area contributed by atoms with Gasteiger partial charge in [-0.05, 0) is 23.3 Å². The van der Waals surface area contributed by atoms with E-state index in [1.165, 1.54) is 11.1 Å². The van der Waals surface area contributed by atoms with Crippen molar-refractivity contribution in [3.63, 3.8) is 0 Å². The van der Waals surface area contributed by atoms with Crippen LogP contribution in [0.4, 0.5) is 0 Å². The molecule has 0 unspecified atom stereocenters. The second kappa shape index (κ2) is 10.7. The van der Waals surface area contributed by atoms with Crippen LogP contribution in [0, 0.1) is 0 Å². The van der Waals surface area contributed by atoms with Gasteiger partial charge in [0.2, 0.25) is 0 Å². The molecule has 0 atom stereocenters. The smallest absolute Gasteiger partial charge is 0.194 e. The van der Waals surface area contributed by atoms with Gasteiger partial charge >= 0.3 is 0 Å². The molecule has 0 saturated heterocycles. The average molecular weight is 465 g/mol. The molecule has 1 aliphatic rings. The summed E-state index contributed by atoms with van der Waals surface area (Å²) in [5.41, 5.74) is 10.2. The van der Waals surface area contributed by atoms with Gasteiger partial charge in [0.15, 0.2) is 16.7 Å². The second-order valence-electron chi connectivity index (χ2n) is 7.91. The van der Waals surface area contributed by atoms with E-state index in [-0.39, 0.29) is 11.6 Å². The highest BCUT2D eigenvalue weighted by Crippen LogP contribution is 2.26. The van der Waals surface area contributed by atoms with Gasteiger partial charge in [-0.2, -0.15) is 0 Å². The predicted molar refractivity (Wildman–Crippen MR) is 139 cm³/mol. The van der Waals surface area contributed by atoms with Crippen molar-refractivity contribution in [3.05, 3.63) is 143 Å². The minimum Gasteiger partial charge on any atom is -0.376 e. The van der Waals surface area contributed by atoms with Crippen molar-refractivity contribution in [1.82, 2.24) is 4.90 Å². The van der Waals surface area contributed by atoms with Crippen LogP contribution in [0.3, 0.4) is 0 Å². The fraction of sp³-hybridized carbons (Fsp3) is 0.0690. The normalized spacial score (nSPS) is 11.5. The molecular formula is C29H24N2O2S. The van der Waals surface area contributed by atoms with Crippen molar-refractivity contribution >= 4 is 28.9 Å². The van der Waals surface area contributed by atoms with Crippen LogP contribution in [0.2, 0.25) is 0 Å². The number of ketones is 2. The quantitative estimate of drug-likeness (QED) is 0.361. The third kappa shape index (κ3) is 5.27. The third-order valence-corrected chi connectivity index (χ3v) is 5.84. The van der Waals surface area contributed by atoms with E-state index in [1.807, 2.05) is 41.3 Å². The molecule has 0 aliphatic heterocycles. The van der Waals surface area contributed by atoms with Gasteiger partial charge in [0, 0.05) is 35.3 Å². The summed E-state index contributed by atoms with van der Waals surface area (Å²) in [4.78, 5) is 26.2. The number of benzene rings is 4. The predicted octanol–water partition coefficient (Wildman–Crippen LogP) is 5.39. The Morgan fingerprint density at radius 2 is 0.853 bits per heavy atom. The van der Waals surface area contributed by atoms with Crippen LogP contribution >= 0.6 is 12.2 Å². The number of nitrogens with two attached hydrogens (primary N) is 1. The first kappa shape index (κ1) is 23.1. The van der Waals surface area contributed by atoms with Crippen molar-refractivity contribution in [2.45, 2.75) is 13.1 Å². The Morgan fingerprint density at radius 3 is 1.15 bits per heavy atom. The molecule has 0 bridgehead atoms.